The highest BCUT2D eigenvalue weighted by Gasteiger charge is 2.12. The van der Waals surface area contributed by atoms with Crippen LogP contribution in [0.25, 0.3) is 0 Å². The Balaban J connectivity index is 1.93. The number of nitrogens with one attached hydrogen (secondary N) is 1. The number of pyridine rings is 1. The Labute approximate surface area is 111 Å². The van der Waals surface area contributed by atoms with Crippen molar-refractivity contribution in [3.05, 3.63) is 47.5 Å². The fourth-order valence-corrected chi connectivity index (χ4v) is 2.11. The summed E-state index contributed by atoms with van der Waals surface area (Å²) in [6.45, 7) is 3.06. The van der Waals surface area contributed by atoms with Crippen LogP contribution in [0, 0.1) is 6.92 Å². The number of hydrogen-bond acceptors (Lipinski definition) is 5. The van der Waals surface area contributed by atoms with Gasteiger partial charge in [-0.15, -0.1) is 0 Å². The first kappa shape index (κ1) is 13.7. The second-order valence-corrected chi connectivity index (χ2v) is 5.66. The molecule has 0 unspecified atom stereocenters. The predicted molar refractivity (Wildman–Crippen MR) is 69.6 cm³/mol. The first-order valence-electron chi connectivity index (χ1n) is 5.68. The molecule has 0 fully saturated rings. The molecule has 2 aromatic heterocycles. The minimum Gasteiger partial charge on any atom is -0.447 e. The van der Waals surface area contributed by atoms with Crippen LogP contribution < -0.4 is 10.5 Å². The molecular weight excluding hydrogens is 266 g/mol. The molecular formula is C12H15N3O3S. The molecule has 0 amide bonds. The molecule has 0 aliphatic heterocycles. The third-order valence-electron chi connectivity index (χ3n) is 2.67. The van der Waals surface area contributed by atoms with Crippen LogP contribution >= 0.6 is 0 Å². The average Bonchev–Trinajstić information content (AvgIpc) is 2.80. The fourth-order valence-electron chi connectivity index (χ4n) is 1.63. The summed E-state index contributed by atoms with van der Waals surface area (Å²) in [5.74, 6) is 0.524. The summed E-state index contributed by atoms with van der Waals surface area (Å²) in [5, 5.41) is 7.91. The SMILES string of the molecule is Cc1cnccc1CNCc1ccc(S(N)(=O)=O)o1. The second-order valence-electron chi connectivity index (χ2n) is 4.17. The number of nitrogens with two attached hydrogens (primary N) is 1. The van der Waals surface area contributed by atoms with Gasteiger partial charge in [0.15, 0.2) is 0 Å². The minimum absolute atomic E-state index is 0.218. The summed E-state index contributed by atoms with van der Waals surface area (Å²) < 4.78 is 27.2. The minimum atomic E-state index is -3.77. The van der Waals surface area contributed by atoms with E-state index in [1.54, 1.807) is 18.5 Å². The molecule has 0 atom stereocenters. The maximum atomic E-state index is 11.0. The molecule has 0 spiro atoms. The van der Waals surface area contributed by atoms with Crippen molar-refractivity contribution in [2.24, 2.45) is 5.14 Å². The standard InChI is InChI=1S/C12H15N3O3S/c1-9-6-14-5-4-10(9)7-15-8-11-2-3-12(18-11)19(13,16)17/h2-6,15H,7-8H2,1H3,(H2,13,16,17). The number of nitrogens with zero attached hydrogens (tertiary/aromatic N) is 1. The van der Waals surface area contributed by atoms with Crippen LogP contribution in [-0.4, -0.2) is 13.4 Å². The van der Waals surface area contributed by atoms with Crippen LogP contribution in [0.3, 0.4) is 0 Å². The molecule has 0 radical (unpaired) electrons. The lowest BCUT2D eigenvalue weighted by Gasteiger charge is -2.05. The Kier molecular flexibility index (Phi) is 3.98. The maximum Gasteiger partial charge on any atom is 0.271 e. The van der Waals surface area contributed by atoms with E-state index < -0.39 is 10.0 Å². The number of aromatic nitrogens is 1. The number of aryl methyl sites for hydroxylation is 1. The zero-order valence-electron chi connectivity index (χ0n) is 10.5. The zero-order valence-corrected chi connectivity index (χ0v) is 11.3. The van der Waals surface area contributed by atoms with E-state index in [0.29, 0.717) is 18.8 Å². The monoisotopic (exact) mass is 281 g/mol. The summed E-state index contributed by atoms with van der Waals surface area (Å²) in [4.78, 5) is 4.01. The Morgan fingerprint density at radius 3 is 2.74 bits per heavy atom. The lowest BCUT2D eigenvalue weighted by Crippen LogP contribution is -2.13. The molecule has 0 aliphatic rings. The summed E-state index contributed by atoms with van der Waals surface area (Å²) >= 11 is 0. The van der Waals surface area contributed by atoms with Gasteiger partial charge in [0, 0.05) is 18.9 Å². The molecule has 2 heterocycles. The molecule has 2 rings (SSSR count). The number of sulfonamides is 1. The first-order chi connectivity index (χ1) is 8.97. The molecule has 0 bridgehead atoms. The van der Waals surface area contributed by atoms with Gasteiger partial charge < -0.3 is 9.73 Å². The number of primary sulfonamides is 1. The molecule has 2 aromatic rings. The third-order valence-corrected chi connectivity index (χ3v) is 3.45. The lowest BCUT2D eigenvalue weighted by atomic mass is 10.1. The van der Waals surface area contributed by atoms with E-state index >= 15 is 0 Å². The molecule has 19 heavy (non-hydrogen) atoms. The van der Waals surface area contributed by atoms with Gasteiger partial charge in [-0.25, -0.2) is 13.6 Å². The third kappa shape index (κ3) is 3.63. The Bertz CT molecular complexity index is 664. The van der Waals surface area contributed by atoms with Crippen molar-refractivity contribution in [1.82, 2.24) is 10.3 Å². The highest BCUT2D eigenvalue weighted by Crippen LogP contribution is 2.12. The molecule has 6 nitrogen and oxygen atoms in total. The summed E-state index contributed by atoms with van der Waals surface area (Å²) in [6, 6.07) is 4.87. The van der Waals surface area contributed by atoms with Crippen molar-refractivity contribution in [2.45, 2.75) is 25.1 Å². The summed E-state index contributed by atoms with van der Waals surface area (Å²) in [7, 11) is -3.77. The maximum absolute atomic E-state index is 11.0. The van der Waals surface area contributed by atoms with E-state index in [2.05, 4.69) is 10.3 Å². The normalized spacial score (nSPS) is 11.7. The van der Waals surface area contributed by atoms with E-state index in [-0.39, 0.29) is 5.09 Å². The number of hydrogen-bond donors (Lipinski definition) is 2. The molecule has 0 saturated heterocycles. The van der Waals surface area contributed by atoms with E-state index in [9.17, 15) is 8.42 Å². The Morgan fingerprint density at radius 1 is 1.32 bits per heavy atom. The lowest BCUT2D eigenvalue weighted by molar-refractivity contribution is 0.402. The van der Waals surface area contributed by atoms with E-state index in [1.165, 1.54) is 6.07 Å². The van der Waals surface area contributed by atoms with Gasteiger partial charge in [0.2, 0.25) is 5.09 Å². The highest BCUT2D eigenvalue weighted by atomic mass is 32.2. The van der Waals surface area contributed by atoms with Gasteiger partial charge in [-0.1, -0.05) is 0 Å². The van der Waals surface area contributed by atoms with E-state index in [4.69, 9.17) is 9.56 Å². The number of furan rings is 1. The quantitative estimate of drug-likeness (QED) is 0.849. The number of rotatable bonds is 5. The van der Waals surface area contributed by atoms with Gasteiger partial charge in [0.1, 0.15) is 5.76 Å². The van der Waals surface area contributed by atoms with Crippen molar-refractivity contribution in [3.8, 4) is 0 Å². The summed E-state index contributed by atoms with van der Waals surface area (Å²) in [6.07, 6.45) is 3.53. The molecule has 7 heteroatoms. The highest BCUT2D eigenvalue weighted by molar-refractivity contribution is 7.89. The average molecular weight is 281 g/mol. The van der Waals surface area contributed by atoms with Gasteiger partial charge in [0.25, 0.3) is 10.0 Å². The molecule has 0 aromatic carbocycles. The van der Waals surface area contributed by atoms with E-state index in [0.717, 1.165) is 11.1 Å². The molecule has 0 aliphatic carbocycles. The van der Waals surface area contributed by atoms with Crippen molar-refractivity contribution < 1.29 is 12.8 Å². The van der Waals surface area contributed by atoms with Crippen molar-refractivity contribution in [3.63, 3.8) is 0 Å². The van der Waals surface area contributed by atoms with Crippen LogP contribution in [0.15, 0.2) is 40.1 Å². The second kappa shape index (κ2) is 5.52. The largest absolute Gasteiger partial charge is 0.447 e. The van der Waals surface area contributed by atoms with Gasteiger partial charge in [0.05, 0.1) is 6.54 Å². The van der Waals surface area contributed by atoms with Crippen molar-refractivity contribution in [2.75, 3.05) is 0 Å². The van der Waals surface area contributed by atoms with Crippen LogP contribution in [0.1, 0.15) is 16.9 Å². The predicted octanol–water partition coefficient (Wildman–Crippen LogP) is 0.920. The zero-order chi connectivity index (χ0) is 13.9. The Hall–Kier alpha value is -1.70. The van der Waals surface area contributed by atoms with Gasteiger partial charge in [-0.05, 0) is 36.2 Å². The van der Waals surface area contributed by atoms with Gasteiger partial charge in [-0.3, -0.25) is 4.98 Å². The van der Waals surface area contributed by atoms with E-state index in [1.807, 2.05) is 13.0 Å². The molecule has 3 N–H and O–H groups in total. The van der Waals surface area contributed by atoms with Gasteiger partial charge >= 0.3 is 0 Å². The molecule has 102 valence electrons. The Morgan fingerprint density at radius 2 is 2.11 bits per heavy atom. The molecule has 0 saturated carbocycles. The fraction of sp³-hybridized carbons (Fsp3) is 0.250. The van der Waals surface area contributed by atoms with Crippen LogP contribution in [0.2, 0.25) is 0 Å². The topological polar surface area (TPSA) is 98.2 Å². The van der Waals surface area contributed by atoms with Crippen LogP contribution in [0.4, 0.5) is 0 Å². The first-order valence-corrected chi connectivity index (χ1v) is 7.23. The van der Waals surface area contributed by atoms with Crippen LogP contribution in [-0.2, 0) is 23.1 Å². The smallest absolute Gasteiger partial charge is 0.271 e. The van der Waals surface area contributed by atoms with Crippen molar-refractivity contribution in [1.29, 1.82) is 0 Å². The van der Waals surface area contributed by atoms with Crippen LogP contribution in [0.5, 0.6) is 0 Å². The van der Waals surface area contributed by atoms with Crippen molar-refractivity contribution >= 4 is 10.0 Å². The van der Waals surface area contributed by atoms with Gasteiger partial charge in [-0.2, -0.15) is 0 Å². The summed E-state index contributed by atoms with van der Waals surface area (Å²) in [5.41, 5.74) is 2.23.